The molecule has 2 aromatic carbocycles. The van der Waals surface area contributed by atoms with E-state index in [2.05, 4.69) is 21.2 Å². The Morgan fingerprint density at radius 1 is 1.21 bits per heavy atom. The Morgan fingerprint density at radius 3 is 2.50 bits per heavy atom. The van der Waals surface area contributed by atoms with Gasteiger partial charge in [0.15, 0.2) is 6.61 Å². The summed E-state index contributed by atoms with van der Waals surface area (Å²) in [5.41, 5.74) is -0.298. The predicted octanol–water partition coefficient (Wildman–Crippen LogP) is 3.29. The topological polar surface area (TPSA) is 92.8 Å². The first kappa shape index (κ1) is 22.3. The smallest absolute Gasteiger partial charge is 0.340 e. The van der Waals surface area contributed by atoms with Crippen LogP contribution in [0, 0.1) is 5.82 Å². The minimum absolute atomic E-state index is 0.0398. The van der Waals surface area contributed by atoms with Crippen molar-refractivity contribution in [2.45, 2.75) is 4.90 Å². The molecule has 0 spiro atoms. The van der Waals surface area contributed by atoms with Crippen LogP contribution in [0.15, 0.2) is 45.8 Å². The molecule has 28 heavy (non-hydrogen) atoms. The number of halogens is 3. The van der Waals surface area contributed by atoms with Gasteiger partial charge in [0.25, 0.3) is 5.91 Å². The monoisotopic (exact) mass is 492 g/mol. The molecule has 0 heterocycles. The number of esters is 1. The average Bonchev–Trinajstić information content (AvgIpc) is 2.62. The molecule has 0 aliphatic rings. The lowest BCUT2D eigenvalue weighted by molar-refractivity contribution is -0.119. The van der Waals surface area contributed by atoms with Crippen molar-refractivity contribution in [2.24, 2.45) is 0 Å². The summed E-state index contributed by atoms with van der Waals surface area (Å²) in [6.45, 7) is -0.713. The standard InChI is InChI=1S/C17H15BrClFN2O5S/c1-22(2)28(25,26)11-4-5-13(19)12(8-11)17(24)27-9-16(23)21-15-6-3-10(18)7-14(15)20/h3-8H,9H2,1-2H3,(H,21,23). The molecule has 0 radical (unpaired) electrons. The molecule has 0 aromatic heterocycles. The fraction of sp³-hybridized carbons (Fsp3) is 0.176. The van der Waals surface area contributed by atoms with E-state index in [0.29, 0.717) is 4.47 Å². The second-order valence-corrected chi connectivity index (χ2v) is 9.15. The number of rotatable bonds is 6. The highest BCUT2D eigenvalue weighted by Crippen LogP contribution is 2.23. The molecular weight excluding hydrogens is 479 g/mol. The number of hydrogen-bond donors (Lipinski definition) is 1. The van der Waals surface area contributed by atoms with Crippen LogP contribution < -0.4 is 5.32 Å². The molecule has 0 aliphatic carbocycles. The van der Waals surface area contributed by atoms with Crippen LogP contribution in [0.1, 0.15) is 10.4 Å². The van der Waals surface area contributed by atoms with Crippen LogP contribution in [0.25, 0.3) is 0 Å². The third kappa shape index (κ3) is 5.28. The Bertz CT molecular complexity index is 1030. The Hall–Kier alpha value is -2.01. The van der Waals surface area contributed by atoms with Crippen LogP contribution in [0.4, 0.5) is 10.1 Å². The SMILES string of the molecule is CN(C)S(=O)(=O)c1ccc(Cl)c(C(=O)OCC(=O)Nc2ccc(Br)cc2F)c1. The molecule has 0 unspecified atom stereocenters. The van der Waals surface area contributed by atoms with Gasteiger partial charge < -0.3 is 10.1 Å². The molecule has 11 heteroatoms. The second kappa shape index (κ2) is 8.99. The zero-order valence-electron chi connectivity index (χ0n) is 14.7. The minimum Gasteiger partial charge on any atom is -0.452 e. The Kier molecular flexibility index (Phi) is 7.16. The average molecular weight is 494 g/mol. The summed E-state index contributed by atoms with van der Waals surface area (Å²) >= 11 is 9.03. The number of sulfonamides is 1. The highest BCUT2D eigenvalue weighted by molar-refractivity contribution is 9.10. The van der Waals surface area contributed by atoms with Gasteiger partial charge in [-0.3, -0.25) is 4.79 Å². The maximum atomic E-state index is 13.7. The Morgan fingerprint density at radius 2 is 1.89 bits per heavy atom. The fourth-order valence-electron chi connectivity index (χ4n) is 2.02. The molecule has 0 aliphatic heterocycles. The van der Waals surface area contributed by atoms with Crippen molar-refractivity contribution in [1.29, 1.82) is 0 Å². The van der Waals surface area contributed by atoms with Crippen molar-refractivity contribution >= 4 is 55.1 Å². The summed E-state index contributed by atoms with van der Waals surface area (Å²) in [6.07, 6.45) is 0. The van der Waals surface area contributed by atoms with E-state index in [1.165, 1.54) is 38.4 Å². The highest BCUT2D eigenvalue weighted by atomic mass is 79.9. The molecule has 0 fully saturated rings. The second-order valence-electron chi connectivity index (χ2n) is 5.68. The molecule has 1 amide bonds. The van der Waals surface area contributed by atoms with E-state index >= 15 is 0 Å². The quantitative estimate of drug-likeness (QED) is 0.624. The van der Waals surface area contributed by atoms with E-state index in [-0.39, 0.29) is 21.2 Å². The van der Waals surface area contributed by atoms with Crippen molar-refractivity contribution in [3.05, 3.63) is 57.3 Å². The number of ether oxygens (including phenoxy) is 1. The summed E-state index contributed by atoms with van der Waals surface area (Å²) < 4.78 is 44.4. The van der Waals surface area contributed by atoms with Crippen molar-refractivity contribution in [3.8, 4) is 0 Å². The maximum absolute atomic E-state index is 13.7. The van der Waals surface area contributed by atoms with Gasteiger partial charge in [-0.05, 0) is 36.4 Å². The van der Waals surface area contributed by atoms with Gasteiger partial charge in [-0.2, -0.15) is 0 Å². The van der Waals surface area contributed by atoms with E-state index in [4.69, 9.17) is 16.3 Å². The minimum atomic E-state index is -3.79. The van der Waals surface area contributed by atoms with Gasteiger partial charge in [0, 0.05) is 18.6 Å². The highest BCUT2D eigenvalue weighted by Gasteiger charge is 2.22. The number of carbonyl (C=O) groups is 2. The van der Waals surface area contributed by atoms with Gasteiger partial charge >= 0.3 is 5.97 Å². The largest absolute Gasteiger partial charge is 0.452 e. The fourth-order valence-corrected chi connectivity index (χ4v) is 3.47. The number of nitrogens with zero attached hydrogens (tertiary/aromatic N) is 1. The lowest BCUT2D eigenvalue weighted by Crippen LogP contribution is -2.23. The lowest BCUT2D eigenvalue weighted by atomic mass is 10.2. The summed E-state index contributed by atoms with van der Waals surface area (Å²) in [4.78, 5) is 23.9. The third-order valence-corrected chi connectivity index (χ3v) is 6.11. The van der Waals surface area contributed by atoms with Gasteiger partial charge in [0.2, 0.25) is 10.0 Å². The molecule has 1 N–H and O–H groups in total. The first-order valence-electron chi connectivity index (χ1n) is 7.66. The van der Waals surface area contributed by atoms with E-state index in [0.717, 1.165) is 16.4 Å². The molecule has 0 atom stereocenters. The van der Waals surface area contributed by atoms with E-state index in [1.807, 2.05) is 0 Å². The van der Waals surface area contributed by atoms with E-state index in [9.17, 15) is 22.4 Å². The third-order valence-electron chi connectivity index (χ3n) is 3.48. The van der Waals surface area contributed by atoms with Crippen LogP contribution >= 0.6 is 27.5 Å². The first-order chi connectivity index (χ1) is 13.0. The Labute approximate surface area is 174 Å². The predicted molar refractivity (Wildman–Crippen MR) is 105 cm³/mol. The number of carbonyl (C=O) groups excluding carboxylic acids is 2. The summed E-state index contributed by atoms with van der Waals surface area (Å²) in [5, 5.41) is 2.22. The molecule has 150 valence electrons. The number of nitrogens with one attached hydrogen (secondary N) is 1. The van der Waals surface area contributed by atoms with Crippen LogP contribution in [-0.2, 0) is 19.6 Å². The van der Waals surface area contributed by atoms with Crippen LogP contribution in [0.5, 0.6) is 0 Å². The van der Waals surface area contributed by atoms with Crippen molar-refractivity contribution < 1.29 is 27.1 Å². The van der Waals surface area contributed by atoms with Gasteiger partial charge in [-0.1, -0.05) is 27.5 Å². The molecule has 2 aromatic rings. The number of benzene rings is 2. The maximum Gasteiger partial charge on any atom is 0.340 e. The Balaban J connectivity index is 2.09. The van der Waals surface area contributed by atoms with Gasteiger partial charge in [0.05, 0.1) is 21.2 Å². The molecular formula is C17H15BrClFN2O5S. The zero-order valence-corrected chi connectivity index (χ0v) is 17.9. The van der Waals surface area contributed by atoms with Crippen LogP contribution in [0.3, 0.4) is 0 Å². The molecule has 0 bridgehead atoms. The van der Waals surface area contributed by atoms with E-state index in [1.54, 1.807) is 0 Å². The number of anilines is 1. The van der Waals surface area contributed by atoms with Crippen molar-refractivity contribution in [2.75, 3.05) is 26.0 Å². The van der Waals surface area contributed by atoms with Crippen molar-refractivity contribution in [3.63, 3.8) is 0 Å². The lowest BCUT2D eigenvalue weighted by Gasteiger charge is -2.13. The van der Waals surface area contributed by atoms with E-state index < -0.39 is 34.3 Å². The van der Waals surface area contributed by atoms with Crippen LogP contribution in [-0.4, -0.2) is 45.3 Å². The summed E-state index contributed by atoms with van der Waals surface area (Å²) in [5.74, 6) is -2.44. The van der Waals surface area contributed by atoms with Gasteiger partial charge in [-0.15, -0.1) is 0 Å². The molecule has 0 saturated carbocycles. The van der Waals surface area contributed by atoms with Crippen LogP contribution in [0.2, 0.25) is 5.02 Å². The molecule has 7 nitrogen and oxygen atoms in total. The number of amides is 1. The van der Waals surface area contributed by atoms with Crippen molar-refractivity contribution in [1.82, 2.24) is 4.31 Å². The summed E-state index contributed by atoms with van der Waals surface area (Å²) in [6, 6.07) is 7.58. The summed E-state index contributed by atoms with van der Waals surface area (Å²) in [7, 11) is -1.11. The molecule has 2 rings (SSSR count). The zero-order chi connectivity index (χ0) is 21.1. The first-order valence-corrected chi connectivity index (χ1v) is 10.3. The normalized spacial score (nSPS) is 11.4. The van der Waals surface area contributed by atoms with Gasteiger partial charge in [-0.25, -0.2) is 21.9 Å². The number of hydrogen-bond acceptors (Lipinski definition) is 5. The van der Waals surface area contributed by atoms with Gasteiger partial charge in [0.1, 0.15) is 5.82 Å². The molecule has 0 saturated heterocycles.